The Kier molecular flexibility index (Phi) is 6.93. The van der Waals surface area contributed by atoms with Crippen molar-refractivity contribution in [1.82, 2.24) is 19.2 Å². The summed E-state index contributed by atoms with van der Waals surface area (Å²) in [6.45, 7) is 4.05. The molecule has 2 heterocycles. The molecule has 2 aromatic carbocycles. The summed E-state index contributed by atoms with van der Waals surface area (Å²) in [4.78, 5) is 18.0. The van der Waals surface area contributed by atoms with Crippen LogP contribution < -0.4 is 5.32 Å². The predicted octanol–water partition coefficient (Wildman–Crippen LogP) is 4.36. The number of rotatable bonds is 8. The van der Waals surface area contributed by atoms with Crippen LogP contribution in [-0.4, -0.2) is 41.3 Å². The third-order valence-corrected chi connectivity index (χ3v) is 9.12. The Labute approximate surface area is 207 Å². The van der Waals surface area contributed by atoms with Crippen molar-refractivity contribution in [2.75, 3.05) is 13.1 Å². The van der Waals surface area contributed by atoms with Crippen LogP contribution in [0.2, 0.25) is 0 Å². The first-order valence-corrected chi connectivity index (χ1v) is 14.3. The first-order chi connectivity index (χ1) is 17.0. The molecule has 186 valence electrons. The van der Waals surface area contributed by atoms with E-state index in [1.165, 1.54) is 11.1 Å². The molecule has 3 aromatic rings. The number of benzene rings is 2. The van der Waals surface area contributed by atoms with Crippen LogP contribution in [0.4, 0.5) is 0 Å². The van der Waals surface area contributed by atoms with Gasteiger partial charge < -0.3 is 9.88 Å². The summed E-state index contributed by atoms with van der Waals surface area (Å²) in [5, 5.41) is 3.23. The highest BCUT2D eigenvalue weighted by Crippen LogP contribution is 2.30. The molecular formula is C27H34N4O3S. The highest BCUT2D eigenvalue weighted by atomic mass is 32.2. The number of sulfonamides is 1. The van der Waals surface area contributed by atoms with Crippen LogP contribution in [0, 0.1) is 0 Å². The van der Waals surface area contributed by atoms with Gasteiger partial charge in [0.1, 0.15) is 5.82 Å². The number of amides is 1. The van der Waals surface area contributed by atoms with Crippen LogP contribution in [0.1, 0.15) is 68.4 Å². The zero-order valence-corrected chi connectivity index (χ0v) is 21.2. The average Bonchev–Trinajstić information content (AvgIpc) is 3.52. The van der Waals surface area contributed by atoms with E-state index in [4.69, 9.17) is 4.98 Å². The van der Waals surface area contributed by atoms with Gasteiger partial charge in [0.05, 0.1) is 22.0 Å². The van der Waals surface area contributed by atoms with Crippen molar-refractivity contribution in [3.63, 3.8) is 0 Å². The normalized spacial score (nSPS) is 18.6. The van der Waals surface area contributed by atoms with Crippen LogP contribution in [0.15, 0.2) is 47.4 Å². The molecule has 0 bridgehead atoms. The van der Waals surface area contributed by atoms with E-state index >= 15 is 0 Å². The summed E-state index contributed by atoms with van der Waals surface area (Å²) in [5.41, 5.74) is 4.16. The van der Waals surface area contributed by atoms with Crippen molar-refractivity contribution in [1.29, 1.82) is 0 Å². The maximum absolute atomic E-state index is 13.0. The summed E-state index contributed by atoms with van der Waals surface area (Å²) < 4.78 is 29.7. The summed E-state index contributed by atoms with van der Waals surface area (Å²) in [6.07, 6.45) is 6.73. The Morgan fingerprint density at radius 1 is 1.11 bits per heavy atom. The van der Waals surface area contributed by atoms with E-state index in [1.54, 1.807) is 16.4 Å². The van der Waals surface area contributed by atoms with Gasteiger partial charge in [-0.25, -0.2) is 13.4 Å². The number of nitrogens with one attached hydrogen (secondary N) is 1. The molecular weight excluding hydrogens is 460 g/mol. The fourth-order valence-electron chi connectivity index (χ4n) is 5.46. The van der Waals surface area contributed by atoms with Crippen LogP contribution in [0.3, 0.4) is 0 Å². The number of aryl methyl sites for hydroxylation is 3. The maximum atomic E-state index is 13.0. The number of aromatic nitrogens is 2. The SMILES string of the molecule is CCCn1c(CCC(=O)N[C@@H]2CCCc3ccccc32)nc2cc(S(=O)(=O)N3CCCC3)ccc21. The van der Waals surface area contributed by atoms with Crippen molar-refractivity contribution in [3.05, 3.63) is 59.4 Å². The molecule has 1 saturated heterocycles. The van der Waals surface area contributed by atoms with Crippen LogP contribution in [0.25, 0.3) is 11.0 Å². The molecule has 0 saturated carbocycles. The molecule has 1 N–H and O–H groups in total. The number of nitrogens with zero attached hydrogens (tertiary/aromatic N) is 3. The largest absolute Gasteiger partial charge is 0.349 e. The van der Waals surface area contributed by atoms with Gasteiger partial charge in [-0.3, -0.25) is 4.79 Å². The van der Waals surface area contributed by atoms with Crippen molar-refractivity contribution in [2.24, 2.45) is 0 Å². The molecule has 7 nitrogen and oxygen atoms in total. The van der Waals surface area contributed by atoms with Crippen molar-refractivity contribution in [2.45, 2.75) is 75.8 Å². The zero-order chi connectivity index (χ0) is 24.4. The Hall–Kier alpha value is -2.71. The number of carbonyl (C=O) groups excluding carboxylic acids is 1. The number of imidazole rings is 1. The molecule has 5 rings (SSSR count). The third-order valence-electron chi connectivity index (χ3n) is 7.23. The van der Waals surface area contributed by atoms with E-state index in [-0.39, 0.29) is 11.9 Å². The Bertz CT molecular complexity index is 1330. The molecule has 1 aliphatic heterocycles. The highest BCUT2D eigenvalue weighted by molar-refractivity contribution is 7.89. The van der Waals surface area contributed by atoms with Gasteiger partial charge in [-0.1, -0.05) is 31.2 Å². The molecule has 35 heavy (non-hydrogen) atoms. The summed E-state index contributed by atoms with van der Waals surface area (Å²) in [5.74, 6) is 0.857. The van der Waals surface area contributed by atoms with Crippen LogP contribution >= 0.6 is 0 Å². The first-order valence-electron chi connectivity index (χ1n) is 12.8. The lowest BCUT2D eigenvalue weighted by Gasteiger charge is -2.26. The van der Waals surface area contributed by atoms with E-state index in [2.05, 4.69) is 35.0 Å². The Balaban J connectivity index is 1.33. The fraction of sp³-hybridized carbons (Fsp3) is 0.481. The second kappa shape index (κ2) is 10.1. The highest BCUT2D eigenvalue weighted by Gasteiger charge is 2.28. The standard InChI is InChI=1S/C27H34N4O3S/c1-2-16-31-25-13-12-21(35(33,34)30-17-5-6-18-30)19-24(25)28-26(31)14-15-27(32)29-23-11-7-9-20-8-3-4-10-22(20)23/h3-4,8,10,12-13,19,23H,2,5-7,9,11,14-18H2,1H3,(H,29,32)/t23-/m1/s1. The van der Waals surface area contributed by atoms with Gasteiger partial charge in [-0.15, -0.1) is 0 Å². The van der Waals surface area contributed by atoms with E-state index < -0.39 is 10.0 Å². The van der Waals surface area contributed by atoms with Gasteiger partial charge in [-0.05, 0) is 67.9 Å². The van der Waals surface area contributed by atoms with Gasteiger partial charge in [0.2, 0.25) is 15.9 Å². The number of carbonyl (C=O) groups is 1. The number of hydrogen-bond donors (Lipinski definition) is 1. The molecule has 1 aliphatic carbocycles. The van der Waals surface area contributed by atoms with Gasteiger partial charge >= 0.3 is 0 Å². The quantitative estimate of drug-likeness (QED) is 0.504. The number of fused-ring (bicyclic) bond motifs is 2. The lowest BCUT2D eigenvalue weighted by molar-refractivity contribution is -0.121. The molecule has 0 unspecified atom stereocenters. The maximum Gasteiger partial charge on any atom is 0.243 e. The summed E-state index contributed by atoms with van der Waals surface area (Å²) in [6, 6.07) is 13.7. The monoisotopic (exact) mass is 494 g/mol. The first kappa shape index (κ1) is 24.0. The smallest absolute Gasteiger partial charge is 0.243 e. The predicted molar refractivity (Wildman–Crippen MR) is 137 cm³/mol. The second-order valence-corrected chi connectivity index (χ2v) is 11.6. The van der Waals surface area contributed by atoms with Crippen molar-refractivity contribution >= 4 is 27.0 Å². The molecule has 1 aromatic heterocycles. The fourth-order valence-corrected chi connectivity index (χ4v) is 6.99. The Morgan fingerprint density at radius 3 is 2.71 bits per heavy atom. The topological polar surface area (TPSA) is 84.3 Å². The van der Waals surface area contributed by atoms with Gasteiger partial charge in [0, 0.05) is 32.5 Å². The van der Waals surface area contributed by atoms with Crippen LogP contribution in [0.5, 0.6) is 0 Å². The zero-order valence-electron chi connectivity index (χ0n) is 20.4. The molecule has 1 amide bonds. The van der Waals surface area contributed by atoms with Crippen molar-refractivity contribution in [3.8, 4) is 0 Å². The molecule has 1 fully saturated rings. The minimum absolute atomic E-state index is 0.0270. The lowest BCUT2D eigenvalue weighted by atomic mass is 9.87. The molecule has 0 radical (unpaired) electrons. The minimum Gasteiger partial charge on any atom is -0.349 e. The van der Waals surface area contributed by atoms with Crippen LogP contribution in [-0.2, 0) is 34.2 Å². The van der Waals surface area contributed by atoms with Gasteiger partial charge in [0.25, 0.3) is 0 Å². The molecule has 0 spiro atoms. The van der Waals surface area contributed by atoms with E-state index in [0.29, 0.717) is 36.3 Å². The summed E-state index contributed by atoms with van der Waals surface area (Å²) >= 11 is 0. The van der Waals surface area contributed by atoms with Gasteiger partial charge in [0.15, 0.2) is 0 Å². The van der Waals surface area contributed by atoms with E-state index in [1.807, 2.05) is 12.1 Å². The lowest BCUT2D eigenvalue weighted by Crippen LogP contribution is -2.31. The molecule has 1 atom stereocenters. The summed E-state index contributed by atoms with van der Waals surface area (Å²) in [7, 11) is -3.49. The van der Waals surface area contributed by atoms with Gasteiger partial charge in [-0.2, -0.15) is 4.31 Å². The second-order valence-electron chi connectivity index (χ2n) is 9.65. The third kappa shape index (κ3) is 4.86. The minimum atomic E-state index is -3.49. The molecule has 8 heteroatoms. The Morgan fingerprint density at radius 2 is 1.91 bits per heavy atom. The number of hydrogen-bond acceptors (Lipinski definition) is 4. The molecule has 2 aliphatic rings. The van der Waals surface area contributed by atoms with E-state index in [9.17, 15) is 13.2 Å². The van der Waals surface area contributed by atoms with Crippen molar-refractivity contribution < 1.29 is 13.2 Å². The van der Waals surface area contributed by atoms with E-state index in [0.717, 1.165) is 56.4 Å². The average molecular weight is 495 g/mol.